The first kappa shape index (κ1) is 24.3. The molecule has 5 rings (SSSR count). The SMILES string of the molecule is CC(=O)c1ccc(N(Cc2c[nH]c3ccccc23)CC(O)(Cn2cncn2)c2ccc(F)cc2F)cc1. The minimum atomic E-state index is -1.81. The van der Waals surface area contributed by atoms with Crippen LogP contribution < -0.4 is 4.90 Å². The van der Waals surface area contributed by atoms with Crippen LogP contribution in [-0.4, -0.2) is 37.2 Å². The number of nitrogens with zero attached hydrogens (tertiary/aromatic N) is 4. The van der Waals surface area contributed by atoms with Crippen LogP contribution in [0.25, 0.3) is 10.9 Å². The number of ketones is 1. The molecule has 2 heterocycles. The van der Waals surface area contributed by atoms with Crippen molar-refractivity contribution in [1.29, 1.82) is 0 Å². The number of aromatic amines is 1. The van der Waals surface area contributed by atoms with Crippen LogP contribution >= 0.6 is 0 Å². The fourth-order valence-electron chi connectivity index (χ4n) is 4.60. The van der Waals surface area contributed by atoms with E-state index in [4.69, 9.17) is 0 Å². The van der Waals surface area contributed by atoms with E-state index in [1.807, 2.05) is 35.4 Å². The molecule has 1 atom stereocenters. The monoisotopic (exact) mass is 501 g/mol. The first-order valence-electron chi connectivity index (χ1n) is 11.7. The molecule has 1 unspecified atom stereocenters. The number of carbonyl (C=O) groups excluding carboxylic acids is 1. The van der Waals surface area contributed by atoms with E-state index in [0.717, 1.165) is 34.3 Å². The Hall–Kier alpha value is -4.37. The molecule has 0 radical (unpaired) electrons. The summed E-state index contributed by atoms with van der Waals surface area (Å²) in [5, 5.41) is 17.1. The maximum Gasteiger partial charge on any atom is 0.159 e. The van der Waals surface area contributed by atoms with Crippen LogP contribution in [-0.2, 0) is 18.7 Å². The van der Waals surface area contributed by atoms with Crippen LogP contribution in [0, 0.1) is 11.6 Å². The van der Waals surface area contributed by atoms with Crippen molar-refractivity contribution in [2.45, 2.75) is 25.6 Å². The van der Waals surface area contributed by atoms with Gasteiger partial charge in [-0.3, -0.25) is 4.79 Å². The van der Waals surface area contributed by atoms with Gasteiger partial charge in [0.2, 0.25) is 0 Å². The predicted molar refractivity (Wildman–Crippen MR) is 136 cm³/mol. The number of nitrogens with one attached hydrogen (secondary N) is 1. The van der Waals surface area contributed by atoms with Crippen molar-refractivity contribution >= 4 is 22.4 Å². The van der Waals surface area contributed by atoms with E-state index >= 15 is 4.39 Å². The molecule has 2 aromatic heterocycles. The molecule has 0 aliphatic carbocycles. The number of anilines is 1. The number of H-pyrrole nitrogens is 1. The Morgan fingerprint density at radius 1 is 1.11 bits per heavy atom. The lowest BCUT2D eigenvalue weighted by Gasteiger charge is -2.36. The van der Waals surface area contributed by atoms with Gasteiger partial charge < -0.3 is 15.0 Å². The van der Waals surface area contributed by atoms with Crippen molar-refractivity contribution in [3.63, 3.8) is 0 Å². The van der Waals surface area contributed by atoms with Crippen molar-refractivity contribution in [3.8, 4) is 0 Å². The molecule has 188 valence electrons. The van der Waals surface area contributed by atoms with Gasteiger partial charge in [-0.2, -0.15) is 5.10 Å². The Balaban J connectivity index is 1.58. The number of hydrogen-bond donors (Lipinski definition) is 2. The fraction of sp³-hybridized carbons (Fsp3) is 0.179. The number of aromatic nitrogens is 4. The Morgan fingerprint density at radius 3 is 2.59 bits per heavy atom. The van der Waals surface area contributed by atoms with Gasteiger partial charge in [0.1, 0.15) is 29.9 Å². The van der Waals surface area contributed by atoms with Crippen molar-refractivity contribution < 1.29 is 18.7 Å². The molecule has 0 spiro atoms. The molecule has 0 aliphatic rings. The molecule has 0 amide bonds. The third kappa shape index (κ3) is 5.12. The number of fused-ring (bicyclic) bond motifs is 1. The van der Waals surface area contributed by atoms with Gasteiger partial charge in [-0.15, -0.1) is 0 Å². The van der Waals surface area contributed by atoms with Crippen LogP contribution in [0.2, 0.25) is 0 Å². The fourth-order valence-corrected chi connectivity index (χ4v) is 4.60. The minimum Gasteiger partial charge on any atom is -0.381 e. The molecule has 2 N–H and O–H groups in total. The Bertz CT molecular complexity index is 1530. The third-order valence-electron chi connectivity index (χ3n) is 6.45. The van der Waals surface area contributed by atoms with Crippen molar-refractivity contribution in [3.05, 3.63) is 114 Å². The van der Waals surface area contributed by atoms with E-state index in [0.29, 0.717) is 12.1 Å². The summed E-state index contributed by atoms with van der Waals surface area (Å²) in [6.07, 6.45) is 4.65. The maximum absolute atomic E-state index is 15.0. The Morgan fingerprint density at radius 2 is 1.89 bits per heavy atom. The highest BCUT2D eigenvalue weighted by Crippen LogP contribution is 2.32. The van der Waals surface area contributed by atoms with E-state index in [1.54, 1.807) is 24.3 Å². The summed E-state index contributed by atoms with van der Waals surface area (Å²) in [5.74, 6) is -1.66. The highest BCUT2D eigenvalue weighted by Gasteiger charge is 2.36. The summed E-state index contributed by atoms with van der Waals surface area (Å²) < 4.78 is 30.2. The summed E-state index contributed by atoms with van der Waals surface area (Å²) in [6, 6.07) is 18.0. The molecule has 9 heteroatoms. The van der Waals surface area contributed by atoms with E-state index in [9.17, 15) is 14.3 Å². The highest BCUT2D eigenvalue weighted by atomic mass is 19.1. The summed E-state index contributed by atoms with van der Waals surface area (Å²) >= 11 is 0. The van der Waals surface area contributed by atoms with Gasteiger partial charge in [0.05, 0.1) is 13.1 Å². The smallest absolute Gasteiger partial charge is 0.159 e. The Kier molecular flexibility index (Phi) is 6.54. The molecule has 5 aromatic rings. The quantitative estimate of drug-likeness (QED) is 0.283. The predicted octanol–water partition coefficient (Wildman–Crippen LogP) is 4.83. The van der Waals surface area contributed by atoms with Gasteiger partial charge in [0.15, 0.2) is 5.78 Å². The molecular formula is C28H25F2N5O2. The van der Waals surface area contributed by atoms with Crippen LogP contribution in [0.4, 0.5) is 14.5 Å². The maximum atomic E-state index is 15.0. The van der Waals surface area contributed by atoms with Crippen LogP contribution in [0.15, 0.2) is 85.6 Å². The molecule has 0 saturated heterocycles. The normalized spacial score (nSPS) is 13.0. The Labute approximate surface area is 212 Å². The van der Waals surface area contributed by atoms with Crippen LogP contribution in [0.3, 0.4) is 0 Å². The largest absolute Gasteiger partial charge is 0.381 e. The number of para-hydroxylation sites is 1. The highest BCUT2D eigenvalue weighted by molar-refractivity contribution is 5.94. The van der Waals surface area contributed by atoms with Crippen molar-refractivity contribution in [2.24, 2.45) is 0 Å². The second-order valence-corrected chi connectivity index (χ2v) is 9.07. The molecule has 0 fully saturated rings. The van der Waals surface area contributed by atoms with Gasteiger partial charge in [-0.25, -0.2) is 18.4 Å². The average molecular weight is 502 g/mol. The molecule has 37 heavy (non-hydrogen) atoms. The minimum absolute atomic E-state index is 0.0612. The zero-order valence-corrected chi connectivity index (χ0v) is 20.1. The number of Topliss-reactive ketones (excluding diaryl/α,β-unsaturated/α-hetero) is 1. The number of halogens is 2. The number of hydrogen-bond acceptors (Lipinski definition) is 5. The zero-order valence-electron chi connectivity index (χ0n) is 20.1. The number of benzene rings is 3. The number of carbonyl (C=O) groups is 1. The molecule has 7 nitrogen and oxygen atoms in total. The summed E-state index contributed by atoms with van der Waals surface area (Å²) in [7, 11) is 0. The second-order valence-electron chi connectivity index (χ2n) is 9.07. The van der Waals surface area contributed by atoms with Crippen molar-refractivity contribution in [1.82, 2.24) is 19.7 Å². The first-order chi connectivity index (χ1) is 17.8. The molecular weight excluding hydrogens is 476 g/mol. The number of aliphatic hydroxyl groups is 1. The van der Waals surface area contributed by atoms with Gasteiger partial charge in [-0.05, 0) is 48.9 Å². The van der Waals surface area contributed by atoms with E-state index in [1.165, 1.54) is 30.3 Å². The summed E-state index contributed by atoms with van der Waals surface area (Å²) in [6.45, 7) is 1.68. The first-order valence-corrected chi connectivity index (χ1v) is 11.7. The van der Waals surface area contributed by atoms with Crippen LogP contribution in [0.5, 0.6) is 0 Å². The van der Waals surface area contributed by atoms with Crippen LogP contribution in [0.1, 0.15) is 28.4 Å². The lowest BCUT2D eigenvalue weighted by molar-refractivity contribution is 0.0182. The lowest BCUT2D eigenvalue weighted by Crippen LogP contribution is -2.44. The van der Waals surface area contributed by atoms with E-state index in [-0.39, 0.29) is 24.4 Å². The molecule has 0 aliphatic heterocycles. The van der Waals surface area contributed by atoms with Gasteiger partial charge in [0.25, 0.3) is 0 Å². The van der Waals surface area contributed by atoms with Gasteiger partial charge in [0, 0.05) is 46.5 Å². The molecule has 0 bridgehead atoms. The molecule has 3 aromatic carbocycles. The van der Waals surface area contributed by atoms with E-state index in [2.05, 4.69) is 15.1 Å². The lowest BCUT2D eigenvalue weighted by atomic mass is 9.91. The van der Waals surface area contributed by atoms with E-state index < -0.39 is 17.2 Å². The third-order valence-corrected chi connectivity index (χ3v) is 6.45. The number of rotatable bonds is 9. The second kappa shape index (κ2) is 9.94. The topological polar surface area (TPSA) is 87.0 Å². The average Bonchev–Trinajstić information content (AvgIpc) is 3.53. The summed E-state index contributed by atoms with van der Waals surface area (Å²) in [4.78, 5) is 20.9. The van der Waals surface area contributed by atoms with Gasteiger partial charge in [-0.1, -0.05) is 24.3 Å². The standard InChI is InChI=1S/C28H25F2N5O2/c1-19(36)20-6-9-23(10-7-20)34(14-21-13-32-27-5-3-2-4-24(21)27)15-28(37,16-35-18-31-17-33-35)25-11-8-22(29)12-26(25)30/h2-13,17-18,32,37H,14-16H2,1H3. The summed E-state index contributed by atoms with van der Waals surface area (Å²) in [5.41, 5.74) is 1.33. The van der Waals surface area contributed by atoms with Gasteiger partial charge >= 0.3 is 0 Å². The zero-order chi connectivity index (χ0) is 26.0. The molecule has 0 saturated carbocycles. The van der Waals surface area contributed by atoms with Crippen molar-refractivity contribution in [2.75, 3.05) is 11.4 Å².